The van der Waals surface area contributed by atoms with E-state index >= 15 is 0 Å². The van der Waals surface area contributed by atoms with Crippen molar-refractivity contribution >= 4 is 5.91 Å². The average molecular weight is 252 g/mol. The maximum Gasteiger partial charge on any atom is 0.230 e. The second-order valence-electron chi connectivity index (χ2n) is 6.45. The molecule has 1 amide bonds. The molecule has 1 heterocycles. The van der Waals surface area contributed by atoms with Gasteiger partial charge in [0.25, 0.3) is 0 Å². The number of nitrogens with zero attached hydrogens (tertiary/aromatic N) is 1. The first kappa shape index (κ1) is 13.9. The van der Waals surface area contributed by atoms with Crippen LogP contribution in [-0.4, -0.2) is 36.5 Å². The Morgan fingerprint density at radius 3 is 2.61 bits per heavy atom. The van der Waals surface area contributed by atoms with E-state index in [1.54, 1.807) is 0 Å². The molecule has 2 aliphatic rings. The Bertz CT molecular complexity index is 291. The van der Waals surface area contributed by atoms with Gasteiger partial charge in [0, 0.05) is 19.1 Å². The first-order chi connectivity index (χ1) is 8.59. The Balaban J connectivity index is 2.08. The Morgan fingerprint density at radius 2 is 2.17 bits per heavy atom. The van der Waals surface area contributed by atoms with Gasteiger partial charge in [-0.2, -0.15) is 0 Å². The monoisotopic (exact) mass is 252 g/mol. The number of carbonyl (C=O) groups is 1. The van der Waals surface area contributed by atoms with E-state index in [9.17, 15) is 4.79 Å². The van der Waals surface area contributed by atoms with Crippen LogP contribution in [0.4, 0.5) is 0 Å². The van der Waals surface area contributed by atoms with Crippen LogP contribution in [0.3, 0.4) is 0 Å². The van der Waals surface area contributed by atoms with Crippen molar-refractivity contribution in [3.63, 3.8) is 0 Å². The number of nitrogens with one attached hydrogen (secondary N) is 1. The molecule has 1 N–H and O–H groups in total. The molecule has 0 bridgehead atoms. The lowest BCUT2D eigenvalue weighted by atomic mass is 9.80. The van der Waals surface area contributed by atoms with E-state index in [2.05, 4.69) is 31.0 Å². The van der Waals surface area contributed by atoms with Gasteiger partial charge in [-0.05, 0) is 52.0 Å². The molecule has 18 heavy (non-hydrogen) atoms. The van der Waals surface area contributed by atoms with Crippen molar-refractivity contribution in [1.82, 2.24) is 10.2 Å². The summed E-state index contributed by atoms with van der Waals surface area (Å²) >= 11 is 0. The third-order valence-corrected chi connectivity index (χ3v) is 4.46. The predicted octanol–water partition coefficient (Wildman–Crippen LogP) is 2.41. The van der Waals surface area contributed by atoms with Gasteiger partial charge in [-0.3, -0.25) is 4.79 Å². The largest absolute Gasteiger partial charge is 0.339 e. The van der Waals surface area contributed by atoms with Gasteiger partial charge in [-0.25, -0.2) is 0 Å². The third kappa shape index (κ3) is 2.87. The number of hydrogen-bond acceptors (Lipinski definition) is 2. The summed E-state index contributed by atoms with van der Waals surface area (Å²) < 4.78 is 0. The fourth-order valence-electron chi connectivity index (χ4n) is 3.14. The molecule has 104 valence electrons. The zero-order chi connectivity index (χ0) is 13.2. The standard InChI is InChI=1S/C15H28N2O/c1-4-7-15(8-9-16-11-15)14(18)17(12(2)3)10-13-5-6-13/h12-13,16H,4-11H2,1-3H3. The molecule has 1 aliphatic carbocycles. The van der Waals surface area contributed by atoms with E-state index in [4.69, 9.17) is 0 Å². The summed E-state index contributed by atoms with van der Waals surface area (Å²) in [6.45, 7) is 9.37. The summed E-state index contributed by atoms with van der Waals surface area (Å²) in [5.41, 5.74) is -0.103. The quantitative estimate of drug-likeness (QED) is 0.787. The Hall–Kier alpha value is -0.570. The van der Waals surface area contributed by atoms with Gasteiger partial charge in [-0.1, -0.05) is 13.3 Å². The molecule has 0 aromatic rings. The summed E-state index contributed by atoms with van der Waals surface area (Å²) in [6.07, 6.45) is 5.79. The first-order valence-corrected chi connectivity index (χ1v) is 7.61. The molecule has 3 heteroatoms. The zero-order valence-corrected chi connectivity index (χ0v) is 12.2. The highest BCUT2D eigenvalue weighted by Gasteiger charge is 2.44. The summed E-state index contributed by atoms with van der Waals surface area (Å²) in [6, 6.07) is 0.340. The van der Waals surface area contributed by atoms with E-state index < -0.39 is 0 Å². The molecule has 1 aliphatic heterocycles. The van der Waals surface area contributed by atoms with Crippen LogP contribution >= 0.6 is 0 Å². The Labute approximate surface area is 111 Å². The minimum absolute atomic E-state index is 0.103. The molecular weight excluding hydrogens is 224 g/mol. The lowest BCUT2D eigenvalue weighted by Gasteiger charge is -2.36. The minimum Gasteiger partial charge on any atom is -0.339 e. The molecular formula is C15H28N2O. The molecule has 1 atom stereocenters. The van der Waals surface area contributed by atoms with Crippen molar-refractivity contribution < 1.29 is 4.79 Å². The van der Waals surface area contributed by atoms with Gasteiger partial charge in [0.15, 0.2) is 0 Å². The summed E-state index contributed by atoms with van der Waals surface area (Å²) in [5, 5.41) is 3.39. The van der Waals surface area contributed by atoms with Gasteiger partial charge >= 0.3 is 0 Å². The molecule has 0 aromatic carbocycles. The normalized spacial score (nSPS) is 27.8. The van der Waals surface area contributed by atoms with Crippen molar-refractivity contribution in [2.75, 3.05) is 19.6 Å². The van der Waals surface area contributed by atoms with Crippen LogP contribution < -0.4 is 5.32 Å². The number of rotatable bonds is 6. The molecule has 3 nitrogen and oxygen atoms in total. The van der Waals surface area contributed by atoms with E-state index in [1.165, 1.54) is 12.8 Å². The van der Waals surface area contributed by atoms with Gasteiger partial charge in [0.2, 0.25) is 5.91 Å². The van der Waals surface area contributed by atoms with E-state index in [-0.39, 0.29) is 5.41 Å². The Morgan fingerprint density at radius 1 is 1.44 bits per heavy atom. The van der Waals surface area contributed by atoms with E-state index in [0.29, 0.717) is 11.9 Å². The van der Waals surface area contributed by atoms with E-state index in [0.717, 1.165) is 44.8 Å². The summed E-state index contributed by atoms with van der Waals surface area (Å²) in [4.78, 5) is 15.1. The molecule has 0 spiro atoms. The molecule has 0 aromatic heterocycles. The molecule has 1 saturated heterocycles. The number of amides is 1. The lowest BCUT2D eigenvalue weighted by molar-refractivity contribution is -0.143. The molecule has 0 radical (unpaired) electrons. The third-order valence-electron chi connectivity index (χ3n) is 4.46. The SMILES string of the molecule is CCCC1(C(=O)N(CC2CC2)C(C)C)CCNC1. The number of hydrogen-bond donors (Lipinski definition) is 1. The highest BCUT2D eigenvalue weighted by Crippen LogP contribution is 2.36. The maximum atomic E-state index is 12.9. The van der Waals surface area contributed by atoms with Gasteiger partial charge in [0.1, 0.15) is 0 Å². The highest BCUT2D eigenvalue weighted by molar-refractivity contribution is 5.83. The van der Waals surface area contributed by atoms with Crippen molar-refractivity contribution in [2.45, 2.75) is 58.9 Å². The van der Waals surface area contributed by atoms with Crippen LogP contribution in [0.25, 0.3) is 0 Å². The second kappa shape index (κ2) is 5.60. The first-order valence-electron chi connectivity index (χ1n) is 7.61. The molecule has 1 saturated carbocycles. The smallest absolute Gasteiger partial charge is 0.230 e. The van der Waals surface area contributed by atoms with Crippen molar-refractivity contribution in [1.29, 1.82) is 0 Å². The molecule has 2 fully saturated rings. The van der Waals surface area contributed by atoms with Gasteiger partial charge < -0.3 is 10.2 Å². The average Bonchev–Trinajstić information content (AvgIpc) is 3.03. The fraction of sp³-hybridized carbons (Fsp3) is 0.933. The van der Waals surface area contributed by atoms with Crippen LogP contribution in [0.15, 0.2) is 0 Å². The topological polar surface area (TPSA) is 32.3 Å². The van der Waals surface area contributed by atoms with Crippen molar-refractivity contribution in [3.8, 4) is 0 Å². The van der Waals surface area contributed by atoms with Crippen LogP contribution in [-0.2, 0) is 4.79 Å². The summed E-state index contributed by atoms with van der Waals surface area (Å²) in [5.74, 6) is 1.20. The van der Waals surface area contributed by atoms with Crippen LogP contribution in [0, 0.1) is 11.3 Å². The summed E-state index contributed by atoms with van der Waals surface area (Å²) in [7, 11) is 0. The molecule has 2 rings (SSSR count). The van der Waals surface area contributed by atoms with E-state index in [1.807, 2.05) is 0 Å². The maximum absolute atomic E-state index is 12.9. The van der Waals surface area contributed by atoms with Gasteiger partial charge in [-0.15, -0.1) is 0 Å². The lowest BCUT2D eigenvalue weighted by Crippen LogP contribution is -2.49. The molecule has 1 unspecified atom stereocenters. The van der Waals surface area contributed by atoms with Crippen LogP contribution in [0.5, 0.6) is 0 Å². The van der Waals surface area contributed by atoms with Crippen LogP contribution in [0.1, 0.15) is 52.9 Å². The zero-order valence-electron chi connectivity index (χ0n) is 12.2. The fourth-order valence-corrected chi connectivity index (χ4v) is 3.14. The Kier molecular flexibility index (Phi) is 4.31. The number of carbonyl (C=O) groups excluding carboxylic acids is 1. The van der Waals surface area contributed by atoms with Gasteiger partial charge in [0.05, 0.1) is 5.41 Å². The van der Waals surface area contributed by atoms with Crippen LogP contribution in [0.2, 0.25) is 0 Å². The highest BCUT2D eigenvalue weighted by atomic mass is 16.2. The minimum atomic E-state index is -0.103. The van der Waals surface area contributed by atoms with Crippen molar-refractivity contribution in [2.24, 2.45) is 11.3 Å². The van der Waals surface area contributed by atoms with Crippen molar-refractivity contribution in [3.05, 3.63) is 0 Å². The predicted molar refractivity (Wildman–Crippen MR) is 74.4 cm³/mol. The second-order valence-corrected chi connectivity index (χ2v) is 6.45.